The second-order valence-electron chi connectivity index (χ2n) is 3.28. The molecule has 0 bridgehead atoms. The van der Waals surface area contributed by atoms with Crippen LogP contribution in [0.4, 0.5) is 4.39 Å². The maximum atomic E-state index is 13.6. The van der Waals surface area contributed by atoms with Gasteiger partial charge in [-0.05, 0) is 30.0 Å². The summed E-state index contributed by atoms with van der Waals surface area (Å²) < 4.78 is 13.6. The van der Waals surface area contributed by atoms with Crippen LogP contribution in [0.5, 0.6) is 0 Å². The van der Waals surface area contributed by atoms with Crippen molar-refractivity contribution < 1.29 is 9.18 Å². The van der Waals surface area contributed by atoms with E-state index in [1.165, 1.54) is 17.4 Å². The Kier molecular flexibility index (Phi) is 2.64. The Morgan fingerprint density at radius 2 is 2.13 bits per heavy atom. The second kappa shape index (κ2) is 3.95. The molecule has 1 aromatic carbocycles. The topological polar surface area (TPSA) is 17.1 Å². The van der Waals surface area contributed by atoms with E-state index < -0.39 is 5.82 Å². The molecular weight excluding hydrogens is 211 g/mol. The van der Waals surface area contributed by atoms with Crippen LogP contribution in [0.2, 0.25) is 0 Å². The first-order valence-corrected chi connectivity index (χ1v) is 5.46. The molecule has 0 aliphatic carbocycles. The van der Waals surface area contributed by atoms with Crippen molar-refractivity contribution in [3.8, 4) is 0 Å². The Hall–Kier alpha value is -1.48. The number of ketones is 1. The lowest BCUT2D eigenvalue weighted by atomic mass is 10.0. The Morgan fingerprint density at radius 3 is 2.80 bits per heavy atom. The Labute approximate surface area is 91.2 Å². The highest BCUT2D eigenvalue weighted by Gasteiger charge is 2.14. The van der Waals surface area contributed by atoms with E-state index in [0.717, 1.165) is 0 Å². The molecule has 0 radical (unpaired) electrons. The molecule has 1 nitrogen and oxygen atoms in total. The lowest BCUT2D eigenvalue weighted by Gasteiger charge is -2.02. The molecule has 1 aromatic heterocycles. The fourth-order valence-corrected chi connectivity index (χ4v) is 2.01. The minimum Gasteiger partial charge on any atom is -0.288 e. The van der Waals surface area contributed by atoms with Gasteiger partial charge < -0.3 is 0 Å². The smallest absolute Gasteiger partial charge is 0.196 e. The zero-order valence-corrected chi connectivity index (χ0v) is 8.98. The number of carbonyl (C=O) groups is 1. The molecule has 0 aliphatic rings. The third kappa shape index (κ3) is 1.83. The van der Waals surface area contributed by atoms with E-state index in [0.29, 0.717) is 11.1 Å². The molecular formula is C12H9FOS. The summed E-state index contributed by atoms with van der Waals surface area (Å²) in [5.41, 5.74) is 1.19. The number of aryl methyl sites for hydroxylation is 1. The summed E-state index contributed by atoms with van der Waals surface area (Å²) in [7, 11) is 0. The van der Waals surface area contributed by atoms with Crippen LogP contribution in [0.1, 0.15) is 21.5 Å². The Balaban J connectivity index is 2.47. The molecule has 3 heteroatoms. The summed E-state index contributed by atoms with van der Waals surface area (Å²) >= 11 is 1.43. The first-order chi connectivity index (χ1) is 7.20. The van der Waals surface area contributed by atoms with E-state index in [9.17, 15) is 9.18 Å². The Morgan fingerprint density at radius 1 is 1.33 bits per heavy atom. The molecule has 0 amide bonds. The number of thiophene rings is 1. The van der Waals surface area contributed by atoms with Crippen LogP contribution < -0.4 is 0 Å². The highest BCUT2D eigenvalue weighted by atomic mass is 32.1. The van der Waals surface area contributed by atoms with Crippen molar-refractivity contribution in [2.75, 3.05) is 0 Å². The molecule has 0 saturated carbocycles. The number of hydrogen-bond acceptors (Lipinski definition) is 2. The van der Waals surface area contributed by atoms with Gasteiger partial charge in [0.15, 0.2) is 5.78 Å². The van der Waals surface area contributed by atoms with Crippen molar-refractivity contribution in [1.29, 1.82) is 0 Å². The standard InChI is InChI=1S/C12H9FOS/c1-8-3-2-4-10(11(8)13)12(14)9-5-6-15-7-9/h2-7H,1H3. The fourth-order valence-electron chi connectivity index (χ4n) is 1.37. The largest absolute Gasteiger partial charge is 0.288 e. The van der Waals surface area contributed by atoms with Crippen LogP contribution in [-0.2, 0) is 0 Å². The van der Waals surface area contributed by atoms with E-state index in [1.54, 1.807) is 35.9 Å². The average Bonchev–Trinajstić information content (AvgIpc) is 2.74. The molecule has 1 heterocycles. The quantitative estimate of drug-likeness (QED) is 0.709. The van der Waals surface area contributed by atoms with E-state index >= 15 is 0 Å². The minimum atomic E-state index is -0.422. The molecule has 0 atom stereocenters. The van der Waals surface area contributed by atoms with Gasteiger partial charge in [-0.1, -0.05) is 12.1 Å². The lowest BCUT2D eigenvalue weighted by molar-refractivity contribution is 0.103. The average molecular weight is 220 g/mol. The van der Waals surface area contributed by atoms with Crippen molar-refractivity contribution in [2.45, 2.75) is 6.92 Å². The third-order valence-corrected chi connectivity index (χ3v) is 2.90. The van der Waals surface area contributed by atoms with Crippen LogP contribution in [0.3, 0.4) is 0 Å². The van der Waals surface area contributed by atoms with Gasteiger partial charge in [0.05, 0.1) is 5.56 Å². The number of halogens is 1. The van der Waals surface area contributed by atoms with E-state index in [2.05, 4.69) is 0 Å². The molecule has 0 spiro atoms. The number of rotatable bonds is 2. The van der Waals surface area contributed by atoms with Gasteiger partial charge >= 0.3 is 0 Å². The summed E-state index contributed by atoms with van der Waals surface area (Å²) in [5.74, 6) is -0.675. The summed E-state index contributed by atoms with van der Waals surface area (Å²) in [6, 6.07) is 6.56. The zero-order chi connectivity index (χ0) is 10.8. The predicted molar refractivity (Wildman–Crippen MR) is 58.9 cm³/mol. The van der Waals surface area contributed by atoms with Gasteiger partial charge in [-0.2, -0.15) is 11.3 Å². The molecule has 2 rings (SSSR count). The fraction of sp³-hybridized carbons (Fsp3) is 0.0833. The first kappa shape index (κ1) is 10.1. The molecule has 0 fully saturated rings. The highest BCUT2D eigenvalue weighted by Crippen LogP contribution is 2.17. The van der Waals surface area contributed by atoms with Crippen molar-refractivity contribution >= 4 is 17.1 Å². The lowest BCUT2D eigenvalue weighted by Crippen LogP contribution is -2.03. The van der Waals surface area contributed by atoms with Crippen LogP contribution in [0.15, 0.2) is 35.0 Å². The van der Waals surface area contributed by atoms with Crippen LogP contribution in [0.25, 0.3) is 0 Å². The monoisotopic (exact) mass is 220 g/mol. The van der Waals surface area contributed by atoms with Crippen LogP contribution in [-0.4, -0.2) is 5.78 Å². The van der Waals surface area contributed by atoms with Crippen molar-refractivity contribution in [1.82, 2.24) is 0 Å². The molecule has 76 valence electrons. The van der Waals surface area contributed by atoms with Crippen LogP contribution >= 0.6 is 11.3 Å². The van der Waals surface area contributed by atoms with Crippen molar-refractivity contribution in [3.05, 3.63) is 57.5 Å². The maximum Gasteiger partial charge on any atom is 0.196 e. The van der Waals surface area contributed by atoms with Gasteiger partial charge in [-0.3, -0.25) is 4.79 Å². The Bertz CT molecular complexity index is 488. The zero-order valence-electron chi connectivity index (χ0n) is 8.16. The number of carbonyl (C=O) groups excluding carboxylic acids is 1. The third-order valence-electron chi connectivity index (χ3n) is 2.22. The van der Waals surface area contributed by atoms with E-state index in [-0.39, 0.29) is 11.3 Å². The van der Waals surface area contributed by atoms with Crippen LogP contribution in [0, 0.1) is 12.7 Å². The molecule has 0 N–H and O–H groups in total. The highest BCUT2D eigenvalue weighted by molar-refractivity contribution is 7.08. The summed E-state index contributed by atoms with van der Waals surface area (Å²) in [6.07, 6.45) is 0. The summed E-state index contributed by atoms with van der Waals surface area (Å²) in [6.45, 7) is 1.65. The molecule has 0 saturated heterocycles. The maximum absolute atomic E-state index is 13.6. The van der Waals surface area contributed by atoms with Gasteiger partial charge in [0.1, 0.15) is 5.82 Å². The summed E-state index contributed by atoms with van der Waals surface area (Å²) in [4.78, 5) is 11.8. The van der Waals surface area contributed by atoms with Crippen molar-refractivity contribution in [2.24, 2.45) is 0 Å². The summed E-state index contributed by atoms with van der Waals surface area (Å²) in [5, 5.41) is 3.53. The van der Waals surface area contributed by atoms with E-state index in [1.807, 2.05) is 0 Å². The van der Waals surface area contributed by atoms with Gasteiger partial charge in [0.25, 0.3) is 0 Å². The second-order valence-corrected chi connectivity index (χ2v) is 4.06. The van der Waals surface area contributed by atoms with Gasteiger partial charge in [-0.25, -0.2) is 4.39 Å². The normalized spacial score (nSPS) is 10.3. The molecule has 0 aliphatic heterocycles. The van der Waals surface area contributed by atoms with Gasteiger partial charge in [-0.15, -0.1) is 0 Å². The van der Waals surface area contributed by atoms with Gasteiger partial charge in [0, 0.05) is 10.9 Å². The molecule has 2 aromatic rings. The molecule has 0 unspecified atom stereocenters. The minimum absolute atomic E-state index is 0.147. The van der Waals surface area contributed by atoms with Gasteiger partial charge in [0.2, 0.25) is 0 Å². The predicted octanol–water partition coefficient (Wildman–Crippen LogP) is 3.43. The number of benzene rings is 1. The van der Waals surface area contributed by atoms with Crippen molar-refractivity contribution in [3.63, 3.8) is 0 Å². The van der Waals surface area contributed by atoms with E-state index in [4.69, 9.17) is 0 Å². The SMILES string of the molecule is Cc1cccc(C(=O)c2ccsc2)c1F. The molecule has 15 heavy (non-hydrogen) atoms. The number of hydrogen-bond donors (Lipinski definition) is 0. The first-order valence-electron chi connectivity index (χ1n) is 4.52.